The van der Waals surface area contributed by atoms with E-state index in [1.165, 1.54) is 23.7 Å². The van der Waals surface area contributed by atoms with Crippen molar-refractivity contribution in [2.75, 3.05) is 18.8 Å². The zero-order valence-corrected chi connectivity index (χ0v) is 9.89. The van der Waals surface area contributed by atoms with Crippen molar-refractivity contribution in [3.8, 4) is 12.3 Å². The molecule has 1 amide bonds. The highest BCUT2D eigenvalue weighted by Crippen LogP contribution is 2.30. The van der Waals surface area contributed by atoms with Crippen LogP contribution in [0.15, 0.2) is 6.20 Å². The Kier molecular flexibility index (Phi) is 3.05. The number of aryl methyl sites for hydroxylation is 1. The lowest BCUT2D eigenvalue weighted by Crippen LogP contribution is -2.35. The predicted octanol–water partition coefficient (Wildman–Crippen LogP) is 0.488. The number of aromatic nitrogens is 2. The number of terminal acetylenes is 1. The summed E-state index contributed by atoms with van der Waals surface area (Å²) in [6.07, 6.45) is 9.13. The molecule has 0 aromatic carbocycles. The average molecular weight is 232 g/mol. The minimum atomic E-state index is -0.132. The van der Waals surface area contributed by atoms with Gasteiger partial charge in [-0.2, -0.15) is 5.10 Å². The number of hydrogen-bond donors (Lipinski definition) is 1. The lowest BCUT2D eigenvalue weighted by atomic mass is 10.3. The van der Waals surface area contributed by atoms with Crippen molar-refractivity contribution in [1.82, 2.24) is 14.7 Å². The lowest BCUT2D eigenvalue weighted by molar-refractivity contribution is 0.0760. The van der Waals surface area contributed by atoms with Crippen molar-refractivity contribution in [2.24, 2.45) is 13.0 Å². The zero-order chi connectivity index (χ0) is 12.4. The van der Waals surface area contributed by atoms with Gasteiger partial charge >= 0.3 is 0 Å². The van der Waals surface area contributed by atoms with Gasteiger partial charge in [-0.05, 0) is 18.8 Å². The summed E-state index contributed by atoms with van der Waals surface area (Å²) in [5.74, 6) is 2.98. The van der Waals surface area contributed by atoms with Gasteiger partial charge in [0.1, 0.15) is 5.69 Å². The monoisotopic (exact) mass is 232 g/mol. The third-order valence-corrected chi connectivity index (χ3v) is 2.91. The third kappa shape index (κ3) is 2.41. The van der Waals surface area contributed by atoms with Crippen molar-refractivity contribution in [3.05, 3.63) is 11.9 Å². The average Bonchev–Trinajstić information content (AvgIpc) is 3.04. The molecule has 1 aliphatic carbocycles. The predicted molar refractivity (Wildman–Crippen MR) is 65.1 cm³/mol. The summed E-state index contributed by atoms with van der Waals surface area (Å²) in [5, 5.41) is 3.97. The SMILES string of the molecule is C#CCN(CC1CC1)C(=O)c1c(N)cnn1C. The summed E-state index contributed by atoms with van der Waals surface area (Å²) in [6.45, 7) is 1.04. The molecule has 1 aliphatic rings. The van der Waals surface area contributed by atoms with Gasteiger partial charge in [-0.3, -0.25) is 9.48 Å². The summed E-state index contributed by atoms with van der Waals surface area (Å²) < 4.78 is 1.49. The molecule has 1 aromatic rings. The molecule has 1 aromatic heterocycles. The zero-order valence-electron chi connectivity index (χ0n) is 9.89. The van der Waals surface area contributed by atoms with E-state index in [2.05, 4.69) is 11.0 Å². The fourth-order valence-electron chi connectivity index (χ4n) is 1.81. The second-order valence-electron chi connectivity index (χ2n) is 4.41. The van der Waals surface area contributed by atoms with Crippen molar-refractivity contribution in [3.63, 3.8) is 0 Å². The number of hydrogen-bond acceptors (Lipinski definition) is 3. The first-order valence-corrected chi connectivity index (χ1v) is 5.63. The van der Waals surface area contributed by atoms with Crippen LogP contribution < -0.4 is 5.73 Å². The van der Waals surface area contributed by atoms with E-state index in [1.54, 1.807) is 11.9 Å². The molecule has 0 spiro atoms. The number of carbonyl (C=O) groups is 1. The second kappa shape index (κ2) is 4.50. The molecule has 0 saturated heterocycles. The lowest BCUT2D eigenvalue weighted by Gasteiger charge is -2.20. The van der Waals surface area contributed by atoms with E-state index in [-0.39, 0.29) is 5.91 Å². The second-order valence-corrected chi connectivity index (χ2v) is 4.41. The largest absolute Gasteiger partial charge is 0.396 e. The van der Waals surface area contributed by atoms with Crippen LogP contribution in [0.2, 0.25) is 0 Å². The first-order valence-electron chi connectivity index (χ1n) is 5.63. The Hall–Kier alpha value is -1.96. The minimum absolute atomic E-state index is 0.132. The smallest absolute Gasteiger partial charge is 0.275 e. The molecule has 17 heavy (non-hydrogen) atoms. The number of rotatable bonds is 4. The van der Waals surface area contributed by atoms with Gasteiger partial charge in [-0.15, -0.1) is 6.42 Å². The van der Waals surface area contributed by atoms with Crippen molar-refractivity contribution < 1.29 is 4.79 Å². The van der Waals surface area contributed by atoms with E-state index < -0.39 is 0 Å². The maximum atomic E-state index is 12.3. The van der Waals surface area contributed by atoms with E-state index >= 15 is 0 Å². The molecule has 2 N–H and O–H groups in total. The molecule has 0 atom stereocenters. The Balaban J connectivity index is 2.17. The van der Waals surface area contributed by atoms with Crippen LogP contribution in [-0.2, 0) is 7.05 Å². The Labute approximate surface area is 101 Å². The quantitative estimate of drug-likeness (QED) is 0.768. The molecule has 0 bridgehead atoms. The van der Waals surface area contributed by atoms with E-state index in [9.17, 15) is 4.79 Å². The molecule has 1 heterocycles. The summed E-state index contributed by atoms with van der Waals surface area (Å²) in [6, 6.07) is 0. The van der Waals surface area contributed by atoms with Crippen LogP contribution in [0.3, 0.4) is 0 Å². The van der Waals surface area contributed by atoms with Crippen LogP contribution >= 0.6 is 0 Å². The standard InChI is InChI=1S/C12H16N4O/c1-3-6-16(8-9-4-5-9)12(17)11-10(13)7-14-15(11)2/h1,7,9H,4-6,8,13H2,2H3. The van der Waals surface area contributed by atoms with Crippen LogP contribution in [0.4, 0.5) is 5.69 Å². The number of amides is 1. The number of nitrogens with two attached hydrogens (primary N) is 1. The van der Waals surface area contributed by atoms with Gasteiger partial charge in [0.2, 0.25) is 0 Å². The molecule has 90 valence electrons. The Morgan fingerprint density at radius 2 is 2.47 bits per heavy atom. The summed E-state index contributed by atoms with van der Waals surface area (Å²) in [5.41, 5.74) is 6.56. The van der Waals surface area contributed by atoms with Crippen LogP contribution in [0, 0.1) is 18.3 Å². The Morgan fingerprint density at radius 1 is 1.76 bits per heavy atom. The summed E-state index contributed by atoms with van der Waals surface area (Å²) in [4.78, 5) is 14.0. The number of carbonyl (C=O) groups excluding carboxylic acids is 1. The summed E-state index contributed by atoms with van der Waals surface area (Å²) >= 11 is 0. The highest BCUT2D eigenvalue weighted by atomic mass is 16.2. The molecular formula is C12H16N4O. The molecular weight excluding hydrogens is 216 g/mol. The van der Waals surface area contributed by atoms with E-state index in [1.807, 2.05) is 0 Å². The molecule has 5 heteroatoms. The first kappa shape index (κ1) is 11.5. The highest BCUT2D eigenvalue weighted by molar-refractivity contribution is 5.97. The van der Waals surface area contributed by atoms with E-state index in [0.717, 1.165) is 0 Å². The highest BCUT2D eigenvalue weighted by Gasteiger charge is 2.28. The van der Waals surface area contributed by atoms with Crippen LogP contribution in [0.25, 0.3) is 0 Å². The number of anilines is 1. The molecule has 1 saturated carbocycles. The molecule has 2 rings (SSSR count). The topological polar surface area (TPSA) is 64.2 Å². The number of nitrogen functional groups attached to an aromatic ring is 1. The fourth-order valence-corrected chi connectivity index (χ4v) is 1.81. The van der Waals surface area contributed by atoms with Gasteiger partial charge in [0.25, 0.3) is 5.91 Å². The number of nitrogens with zero attached hydrogens (tertiary/aromatic N) is 3. The van der Waals surface area contributed by atoms with Crippen LogP contribution in [-0.4, -0.2) is 33.7 Å². The maximum Gasteiger partial charge on any atom is 0.275 e. The van der Waals surface area contributed by atoms with E-state index in [4.69, 9.17) is 12.2 Å². The van der Waals surface area contributed by atoms with Crippen molar-refractivity contribution in [2.45, 2.75) is 12.8 Å². The van der Waals surface area contributed by atoms with Gasteiger partial charge in [-0.1, -0.05) is 5.92 Å². The molecule has 0 unspecified atom stereocenters. The molecule has 0 aliphatic heterocycles. The third-order valence-electron chi connectivity index (χ3n) is 2.91. The minimum Gasteiger partial charge on any atom is -0.396 e. The first-order chi connectivity index (χ1) is 8.13. The van der Waals surface area contributed by atoms with Crippen molar-refractivity contribution in [1.29, 1.82) is 0 Å². The summed E-state index contributed by atoms with van der Waals surface area (Å²) in [7, 11) is 1.70. The van der Waals surface area contributed by atoms with Gasteiger partial charge in [0.15, 0.2) is 0 Å². The maximum absolute atomic E-state index is 12.3. The Morgan fingerprint density at radius 3 is 2.94 bits per heavy atom. The van der Waals surface area contributed by atoms with Gasteiger partial charge in [-0.25, -0.2) is 0 Å². The molecule has 5 nitrogen and oxygen atoms in total. The molecule has 1 fully saturated rings. The van der Waals surface area contributed by atoms with Gasteiger partial charge in [0.05, 0.1) is 18.4 Å². The fraction of sp³-hybridized carbons (Fsp3) is 0.500. The van der Waals surface area contributed by atoms with Crippen LogP contribution in [0.5, 0.6) is 0 Å². The van der Waals surface area contributed by atoms with Crippen molar-refractivity contribution >= 4 is 11.6 Å². The van der Waals surface area contributed by atoms with E-state index in [0.29, 0.717) is 30.4 Å². The van der Waals surface area contributed by atoms with Gasteiger partial charge in [0, 0.05) is 13.6 Å². The van der Waals surface area contributed by atoms with Crippen LogP contribution in [0.1, 0.15) is 23.3 Å². The molecule has 0 radical (unpaired) electrons. The normalized spacial score (nSPS) is 14.4. The van der Waals surface area contributed by atoms with Gasteiger partial charge < -0.3 is 10.6 Å². The Bertz CT molecular complexity index is 448.